The molecule has 4 nitrogen and oxygen atoms in total. The first-order chi connectivity index (χ1) is 11.3. The van der Waals surface area contributed by atoms with Gasteiger partial charge in [0.15, 0.2) is 0 Å². The second-order valence-electron chi connectivity index (χ2n) is 6.61. The lowest BCUT2D eigenvalue weighted by molar-refractivity contribution is 0.304. The van der Waals surface area contributed by atoms with Crippen molar-refractivity contribution in [1.82, 2.24) is 9.55 Å². The molecule has 2 aromatic rings. The first-order valence-corrected chi connectivity index (χ1v) is 9.14. The molecule has 0 saturated heterocycles. The maximum absolute atomic E-state index is 5.92. The molecule has 0 bridgehead atoms. The average Bonchev–Trinajstić information content (AvgIpc) is 2.93. The lowest BCUT2D eigenvalue weighted by atomic mass is 10.1. The maximum Gasteiger partial charge on any atom is 0.206 e. The van der Waals surface area contributed by atoms with Gasteiger partial charge in [-0.1, -0.05) is 39.0 Å². The molecular formula is C19H29N3O. The number of hydrogen-bond acceptors (Lipinski definition) is 3. The summed E-state index contributed by atoms with van der Waals surface area (Å²) < 4.78 is 8.23. The highest BCUT2D eigenvalue weighted by molar-refractivity contribution is 5.80. The Morgan fingerprint density at radius 3 is 2.78 bits per heavy atom. The Morgan fingerprint density at radius 2 is 1.91 bits per heavy atom. The Morgan fingerprint density at radius 1 is 1.09 bits per heavy atom. The summed E-state index contributed by atoms with van der Waals surface area (Å²) in [6.07, 6.45) is 8.95. The van der Waals surface area contributed by atoms with Gasteiger partial charge in [0.1, 0.15) is 5.75 Å². The van der Waals surface area contributed by atoms with Crippen LogP contribution in [0.25, 0.3) is 11.0 Å². The molecular weight excluding hydrogens is 286 g/mol. The highest BCUT2D eigenvalue weighted by Crippen LogP contribution is 2.28. The van der Waals surface area contributed by atoms with Crippen LogP contribution in [0.15, 0.2) is 18.2 Å². The van der Waals surface area contributed by atoms with E-state index in [4.69, 9.17) is 9.72 Å². The van der Waals surface area contributed by atoms with Gasteiger partial charge in [0.2, 0.25) is 5.95 Å². The summed E-state index contributed by atoms with van der Waals surface area (Å²) in [6, 6.07) is 6.33. The summed E-state index contributed by atoms with van der Waals surface area (Å²) in [5, 5.41) is 0. The van der Waals surface area contributed by atoms with Crippen LogP contribution in [0.4, 0.5) is 5.95 Å². The molecule has 0 saturated carbocycles. The summed E-state index contributed by atoms with van der Waals surface area (Å²) >= 11 is 0. The molecule has 0 fully saturated rings. The van der Waals surface area contributed by atoms with Crippen molar-refractivity contribution >= 4 is 17.0 Å². The summed E-state index contributed by atoms with van der Waals surface area (Å²) in [7, 11) is 2.12. The van der Waals surface area contributed by atoms with Crippen LogP contribution in [-0.4, -0.2) is 29.8 Å². The largest absolute Gasteiger partial charge is 0.494 e. The molecule has 0 radical (unpaired) electrons. The molecule has 0 unspecified atom stereocenters. The number of hydrogen-bond donors (Lipinski definition) is 0. The van der Waals surface area contributed by atoms with Crippen LogP contribution in [0.1, 0.15) is 51.9 Å². The van der Waals surface area contributed by atoms with Crippen molar-refractivity contribution in [3.05, 3.63) is 18.2 Å². The molecule has 1 aromatic carbocycles. The second-order valence-corrected chi connectivity index (χ2v) is 6.61. The van der Waals surface area contributed by atoms with E-state index in [1.54, 1.807) is 0 Å². The highest BCUT2D eigenvalue weighted by atomic mass is 16.5. The van der Waals surface area contributed by atoms with Gasteiger partial charge in [-0.25, -0.2) is 4.98 Å². The Bertz CT molecular complexity index is 635. The monoisotopic (exact) mass is 315 g/mol. The standard InChI is InChI=1S/C19H29N3O/c1-3-4-5-6-7-8-14-23-16-10-11-18-17(15-16)20-19-21(2)12-9-13-22(18)19/h10-11,15H,3-9,12-14H2,1-2H3. The third-order valence-corrected chi connectivity index (χ3v) is 4.68. The zero-order chi connectivity index (χ0) is 16.1. The first kappa shape index (κ1) is 16.2. The Hall–Kier alpha value is -1.71. The minimum atomic E-state index is 0.811. The number of anilines is 1. The van der Waals surface area contributed by atoms with E-state index >= 15 is 0 Å². The van der Waals surface area contributed by atoms with Gasteiger partial charge in [-0.3, -0.25) is 0 Å². The molecule has 2 heterocycles. The molecule has 1 aromatic heterocycles. The van der Waals surface area contributed by atoms with Crippen molar-refractivity contribution in [2.75, 3.05) is 25.1 Å². The summed E-state index contributed by atoms with van der Waals surface area (Å²) in [5.74, 6) is 2.03. The number of ether oxygens (including phenoxy) is 1. The van der Waals surface area contributed by atoms with E-state index in [-0.39, 0.29) is 0 Å². The van der Waals surface area contributed by atoms with E-state index in [1.807, 2.05) is 0 Å². The van der Waals surface area contributed by atoms with Crippen molar-refractivity contribution in [1.29, 1.82) is 0 Å². The fraction of sp³-hybridized carbons (Fsp3) is 0.632. The zero-order valence-corrected chi connectivity index (χ0v) is 14.6. The normalized spacial score (nSPS) is 14.3. The lowest BCUT2D eigenvalue weighted by Crippen LogP contribution is -2.28. The van der Waals surface area contributed by atoms with Gasteiger partial charge in [-0.15, -0.1) is 0 Å². The van der Waals surface area contributed by atoms with E-state index in [0.717, 1.165) is 43.3 Å². The van der Waals surface area contributed by atoms with Crippen LogP contribution in [0.2, 0.25) is 0 Å². The van der Waals surface area contributed by atoms with E-state index in [9.17, 15) is 0 Å². The molecule has 3 rings (SSSR count). The second kappa shape index (κ2) is 7.71. The van der Waals surface area contributed by atoms with Crippen LogP contribution in [0.3, 0.4) is 0 Å². The molecule has 0 amide bonds. The van der Waals surface area contributed by atoms with Crippen LogP contribution in [0.5, 0.6) is 5.75 Å². The van der Waals surface area contributed by atoms with Crippen molar-refractivity contribution in [3.63, 3.8) is 0 Å². The van der Waals surface area contributed by atoms with E-state index < -0.39 is 0 Å². The number of aromatic nitrogens is 2. The fourth-order valence-electron chi connectivity index (χ4n) is 3.34. The molecule has 0 N–H and O–H groups in total. The van der Waals surface area contributed by atoms with E-state index in [1.165, 1.54) is 44.0 Å². The van der Waals surface area contributed by atoms with Crippen LogP contribution < -0.4 is 9.64 Å². The molecule has 0 spiro atoms. The smallest absolute Gasteiger partial charge is 0.206 e. The van der Waals surface area contributed by atoms with Gasteiger partial charge in [-0.2, -0.15) is 0 Å². The number of aryl methyl sites for hydroxylation is 1. The van der Waals surface area contributed by atoms with Crippen LogP contribution in [0, 0.1) is 0 Å². The third-order valence-electron chi connectivity index (χ3n) is 4.68. The van der Waals surface area contributed by atoms with Crippen molar-refractivity contribution in [2.24, 2.45) is 0 Å². The van der Waals surface area contributed by atoms with Crippen molar-refractivity contribution < 1.29 is 4.74 Å². The molecule has 1 aliphatic rings. The van der Waals surface area contributed by atoms with Crippen molar-refractivity contribution in [2.45, 2.75) is 58.4 Å². The minimum Gasteiger partial charge on any atom is -0.494 e. The van der Waals surface area contributed by atoms with Gasteiger partial charge >= 0.3 is 0 Å². The predicted octanol–water partition coefficient (Wildman–Crippen LogP) is 4.62. The first-order valence-electron chi connectivity index (χ1n) is 9.14. The molecule has 126 valence electrons. The van der Waals surface area contributed by atoms with Crippen molar-refractivity contribution in [3.8, 4) is 5.75 Å². The SMILES string of the molecule is CCCCCCCCOc1ccc2c(c1)nc1n2CCCN1C. The maximum atomic E-state index is 5.92. The highest BCUT2D eigenvalue weighted by Gasteiger charge is 2.18. The summed E-state index contributed by atoms with van der Waals surface area (Å²) in [6.45, 7) is 5.22. The lowest BCUT2D eigenvalue weighted by Gasteiger charge is -2.24. The van der Waals surface area contributed by atoms with E-state index in [2.05, 4.69) is 41.6 Å². The number of unbranched alkanes of at least 4 members (excludes halogenated alkanes) is 5. The summed E-state index contributed by atoms with van der Waals surface area (Å²) in [5.41, 5.74) is 2.27. The topological polar surface area (TPSA) is 30.3 Å². The summed E-state index contributed by atoms with van der Waals surface area (Å²) in [4.78, 5) is 7.02. The van der Waals surface area contributed by atoms with Gasteiger partial charge < -0.3 is 14.2 Å². The molecule has 0 aliphatic carbocycles. The number of fused-ring (bicyclic) bond motifs is 3. The molecule has 4 heteroatoms. The van der Waals surface area contributed by atoms with Gasteiger partial charge in [0, 0.05) is 26.2 Å². The predicted molar refractivity (Wildman–Crippen MR) is 96.5 cm³/mol. The van der Waals surface area contributed by atoms with Crippen LogP contribution in [-0.2, 0) is 6.54 Å². The van der Waals surface area contributed by atoms with Gasteiger partial charge in [0.05, 0.1) is 17.6 Å². The zero-order valence-electron chi connectivity index (χ0n) is 14.6. The Kier molecular flexibility index (Phi) is 5.42. The number of benzene rings is 1. The van der Waals surface area contributed by atoms with Crippen LogP contribution >= 0.6 is 0 Å². The average molecular weight is 315 g/mol. The number of rotatable bonds is 8. The molecule has 1 aliphatic heterocycles. The molecule has 23 heavy (non-hydrogen) atoms. The quantitative estimate of drug-likeness (QED) is 0.666. The minimum absolute atomic E-state index is 0.811. The van der Waals surface area contributed by atoms with Gasteiger partial charge in [-0.05, 0) is 25.0 Å². The third kappa shape index (κ3) is 3.80. The van der Waals surface area contributed by atoms with Gasteiger partial charge in [0.25, 0.3) is 0 Å². The fourth-order valence-corrected chi connectivity index (χ4v) is 3.34. The molecule has 0 atom stereocenters. The Balaban J connectivity index is 1.56. The Labute approximate surface area is 139 Å². The number of nitrogens with zero attached hydrogens (tertiary/aromatic N) is 3. The number of imidazole rings is 1. The van der Waals surface area contributed by atoms with E-state index in [0.29, 0.717) is 0 Å².